The molecule has 0 aromatic carbocycles. The van der Waals surface area contributed by atoms with Gasteiger partial charge in [0.1, 0.15) is 5.82 Å². The van der Waals surface area contributed by atoms with Crippen molar-refractivity contribution in [3.8, 4) is 0 Å². The van der Waals surface area contributed by atoms with Crippen LogP contribution in [0.3, 0.4) is 0 Å². The average molecular weight is 255 g/mol. The van der Waals surface area contributed by atoms with Crippen LogP contribution in [0.1, 0.15) is 51.3 Å². The van der Waals surface area contributed by atoms with E-state index in [1.807, 2.05) is 0 Å². The zero-order valence-electron chi connectivity index (χ0n) is 10.6. The topological polar surface area (TPSA) is 49.2 Å². The van der Waals surface area contributed by atoms with Crippen LogP contribution in [0.25, 0.3) is 0 Å². The van der Waals surface area contributed by atoms with Crippen molar-refractivity contribution in [3.05, 3.63) is 5.82 Å². The van der Waals surface area contributed by atoms with Gasteiger partial charge in [-0.1, -0.05) is 13.8 Å². The largest absolute Gasteiger partial charge is 0.396 e. The minimum Gasteiger partial charge on any atom is -0.396 e. The van der Waals surface area contributed by atoms with Crippen LogP contribution in [0.2, 0.25) is 0 Å². The van der Waals surface area contributed by atoms with Gasteiger partial charge < -0.3 is 10.0 Å². The molecule has 1 aromatic rings. The summed E-state index contributed by atoms with van der Waals surface area (Å²) in [7, 11) is 0. The summed E-state index contributed by atoms with van der Waals surface area (Å²) in [5.74, 6) is 1.33. The van der Waals surface area contributed by atoms with E-state index in [0.29, 0.717) is 12.0 Å². The summed E-state index contributed by atoms with van der Waals surface area (Å²) in [6.45, 7) is 5.55. The molecule has 1 fully saturated rings. The van der Waals surface area contributed by atoms with Crippen LogP contribution in [0.5, 0.6) is 0 Å². The molecule has 1 unspecified atom stereocenters. The van der Waals surface area contributed by atoms with Crippen LogP contribution < -0.4 is 4.90 Å². The molecule has 1 aromatic heterocycles. The third-order valence-electron chi connectivity index (χ3n) is 3.28. The molecule has 2 rings (SSSR count). The molecule has 0 radical (unpaired) electrons. The predicted molar refractivity (Wildman–Crippen MR) is 70.7 cm³/mol. The molecule has 0 aliphatic carbocycles. The van der Waals surface area contributed by atoms with Crippen molar-refractivity contribution in [1.82, 2.24) is 9.36 Å². The molecule has 5 heteroatoms. The van der Waals surface area contributed by atoms with E-state index in [1.54, 1.807) is 0 Å². The minimum atomic E-state index is 0.261. The quantitative estimate of drug-likeness (QED) is 0.897. The summed E-state index contributed by atoms with van der Waals surface area (Å²) in [5.41, 5.74) is 0. The van der Waals surface area contributed by atoms with Crippen molar-refractivity contribution in [1.29, 1.82) is 0 Å². The maximum Gasteiger partial charge on any atom is 0.205 e. The SMILES string of the molecule is CC(C)c1nsc(N2CCCCC2CCO)n1. The highest BCUT2D eigenvalue weighted by Crippen LogP contribution is 2.29. The molecule has 1 aliphatic rings. The second-order valence-electron chi connectivity index (χ2n) is 4.95. The number of aliphatic hydroxyl groups excluding tert-OH is 1. The number of hydrogen-bond acceptors (Lipinski definition) is 5. The number of rotatable bonds is 4. The van der Waals surface area contributed by atoms with E-state index in [2.05, 4.69) is 28.1 Å². The van der Waals surface area contributed by atoms with Gasteiger partial charge in [0.05, 0.1) is 0 Å². The third kappa shape index (κ3) is 2.96. The second-order valence-corrected chi connectivity index (χ2v) is 5.68. The molecule has 0 amide bonds. The van der Waals surface area contributed by atoms with Gasteiger partial charge in [-0.05, 0) is 25.7 Å². The van der Waals surface area contributed by atoms with Gasteiger partial charge in [-0.25, -0.2) is 4.98 Å². The van der Waals surface area contributed by atoms with E-state index >= 15 is 0 Å². The average Bonchev–Trinajstić information content (AvgIpc) is 2.79. The van der Waals surface area contributed by atoms with Gasteiger partial charge in [0.2, 0.25) is 5.13 Å². The number of hydrogen-bond donors (Lipinski definition) is 1. The lowest BCUT2D eigenvalue weighted by atomic mass is 10.0. The van der Waals surface area contributed by atoms with Crippen LogP contribution >= 0.6 is 11.5 Å². The summed E-state index contributed by atoms with van der Waals surface area (Å²) >= 11 is 1.50. The Hall–Kier alpha value is -0.680. The number of nitrogens with zero attached hydrogens (tertiary/aromatic N) is 3. The van der Waals surface area contributed by atoms with Crippen LogP contribution in [-0.2, 0) is 0 Å². The van der Waals surface area contributed by atoms with Crippen molar-refractivity contribution < 1.29 is 5.11 Å². The molecule has 1 atom stereocenters. The minimum absolute atomic E-state index is 0.261. The van der Waals surface area contributed by atoms with Crippen molar-refractivity contribution in [2.24, 2.45) is 0 Å². The molecule has 0 spiro atoms. The Morgan fingerprint density at radius 3 is 2.94 bits per heavy atom. The Kier molecular flexibility index (Phi) is 4.34. The van der Waals surface area contributed by atoms with Crippen molar-refractivity contribution in [3.63, 3.8) is 0 Å². The van der Waals surface area contributed by atoms with Gasteiger partial charge in [0.15, 0.2) is 0 Å². The molecule has 4 nitrogen and oxygen atoms in total. The fourth-order valence-corrected chi connectivity index (χ4v) is 3.19. The zero-order valence-corrected chi connectivity index (χ0v) is 11.4. The summed E-state index contributed by atoms with van der Waals surface area (Å²) in [6, 6.07) is 0.446. The Morgan fingerprint density at radius 2 is 2.29 bits per heavy atom. The normalized spacial score (nSPS) is 21.2. The van der Waals surface area contributed by atoms with Gasteiger partial charge in [-0.3, -0.25) is 0 Å². The summed E-state index contributed by atoms with van der Waals surface area (Å²) in [6.07, 6.45) is 4.49. The second kappa shape index (κ2) is 5.78. The standard InChI is InChI=1S/C12H21N3OS/c1-9(2)11-13-12(17-14-11)15-7-4-3-5-10(15)6-8-16/h9-10,16H,3-8H2,1-2H3. The fourth-order valence-electron chi connectivity index (χ4n) is 2.28. The van der Waals surface area contributed by atoms with Crippen LogP contribution in [-0.4, -0.2) is 33.7 Å². The number of aromatic nitrogens is 2. The molecular formula is C12H21N3OS. The number of aliphatic hydroxyl groups is 1. The predicted octanol–water partition coefficient (Wildman–Crippen LogP) is 2.40. The molecule has 1 aliphatic heterocycles. The van der Waals surface area contributed by atoms with Gasteiger partial charge >= 0.3 is 0 Å². The number of anilines is 1. The summed E-state index contributed by atoms with van der Waals surface area (Å²) in [5, 5.41) is 10.2. The highest BCUT2D eigenvalue weighted by molar-refractivity contribution is 7.09. The van der Waals surface area contributed by atoms with E-state index in [-0.39, 0.29) is 6.61 Å². The Morgan fingerprint density at radius 1 is 1.47 bits per heavy atom. The molecule has 96 valence electrons. The molecule has 0 saturated carbocycles. The molecule has 1 N–H and O–H groups in total. The Labute approximate surface area is 107 Å². The smallest absolute Gasteiger partial charge is 0.205 e. The number of piperidine rings is 1. The molecule has 1 saturated heterocycles. The first-order chi connectivity index (χ1) is 8.22. The van der Waals surface area contributed by atoms with Crippen LogP contribution in [0.4, 0.5) is 5.13 Å². The summed E-state index contributed by atoms with van der Waals surface area (Å²) < 4.78 is 4.41. The third-order valence-corrected chi connectivity index (χ3v) is 4.05. The monoisotopic (exact) mass is 255 g/mol. The van der Waals surface area contributed by atoms with Gasteiger partial charge in [0.25, 0.3) is 0 Å². The van der Waals surface area contributed by atoms with Crippen molar-refractivity contribution in [2.45, 2.75) is 51.5 Å². The zero-order chi connectivity index (χ0) is 12.3. The van der Waals surface area contributed by atoms with Crippen molar-refractivity contribution in [2.75, 3.05) is 18.1 Å². The first-order valence-electron chi connectivity index (χ1n) is 6.43. The maximum absolute atomic E-state index is 9.12. The van der Waals surface area contributed by atoms with Gasteiger partial charge in [-0.15, -0.1) is 0 Å². The van der Waals surface area contributed by atoms with E-state index in [0.717, 1.165) is 30.3 Å². The molecule has 2 heterocycles. The van der Waals surface area contributed by atoms with E-state index < -0.39 is 0 Å². The molecular weight excluding hydrogens is 234 g/mol. The van der Waals surface area contributed by atoms with E-state index in [9.17, 15) is 0 Å². The maximum atomic E-state index is 9.12. The Balaban J connectivity index is 2.11. The van der Waals surface area contributed by atoms with Crippen LogP contribution in [0.15, 0.2) is 0 Å². The van der Waals surface area contributed by atoms with Gasteiger partial charge in [0, 0.05) is 36.6 Å². The van der Waals surface area contributed by atoms with E-state index in [1.165, 1.54) is 24.4 Å². The van der Waals surface area contributed by atoms with Crippen LogP contribution in [0, 0.1) is 0 Å². The summed E-state index contributed by atoms with van der Waals surface area (Å²) in [4.78, 5) is 6.95. The van der Waals surface area contributed by atoms with E-state index in [4.69, 9.17) is 5.11 Å². The molecule has 0 bridgehead atoms. The highest BCUT2D eigenvalue weighted by atomic mass is 32.1. The van der Waals surface area contributed by atoms with Gasteiger partial charge in [-0.2, -0.15) is 4.37 Å². The first kappa shape index (κ1) is 12.8. The Bertz CT molecular complexity index is 351. The lowest BCUT2D eigenvalue weighted by Gasteiger charge is -2.35. The van der Waals surface area contributed by atoms with Crippen molar-refractivity contribution >= 4 is 16.7 Å². The molecule has 17 heavy (non-hydrogen) atoms. The fraction of sp³-hybridized carbons (Fsp3) is 0.833. The lowest BCUT2D eigenvalue weighted by Crippen LogP contribution is -2.40. The first-order valence-corrected chi connectivity index (χ1v) is 7.21. The lowest BCUT2D eigenvalue weighted by molar-refractivity contribution is 0.262. The highest BCUT2D eigenvalue weighted by Gasteiger charge is 2.25.